The third kappa shape index (κ3) is 1.19. The van der Waals surface area contributed by atoms with Crippen molar-refractivity contribution in [3.63, 3.8) is 0 Å². The standard InChI is InChI=1S/C8H10ClNS/c9-7-3-5-1-2-6(4-10)8(5)11-7/h3,6H,1-2,4,10H2. The Hall–Kier alpha value is -0.0500. The van der Waals surface area contributed by atoms with E-state index in [-0.39, 0.29) is 0 Å². The molecule has 1 aliphatic carbocycles. The summed E-state index contributed by atoms with van der Waals surface area (Å²) < 4.78 is 0.910. The minimum atomic E-state index is 0.586. The molecule has 0 aromatic carbocycles. The highest BCUT2D eigenvalue weighted by atomic mass is 35.5. The Morgan fingerprint density at radius 2 is 2.55 bits per heavy atom. The first-order chi connectivity index (χ1) is 5.31. The van der Waals surface area contributed by atoms with Gasteiger partial charge in [0, 0.05) is 10.8 Å². The Kier molecular flexibility index (Phi) is 1.91. The molecule has 0 radical (unpaired) electrons. The fourth-order valence-corrected chi connectivity index (χ4v) is 3.10. The molecular weight excluding hydrogens is 178 g/mol. The molecule has 0 spiro atoms. The molecule has 1 unspecified atom stereocenters. The van der Waals surface area contributed by atoms with Crippen molar-refractivity contribution < 1.29 is 0 Å². The highest BCUT2D eigenvalue weighted by Gasteiger charge is 2.23. The van der Waals surface area contributed by atoms with Crippen molar-refractivity contribution in [3.8, 4) is 0 Å². The second kappa shape index (κ2) is 2.77. The Labute approximate surface area is 75.2 Å². The summed E-state index contributed by atoms with van der Waals surface area (Å²) in [4.78, 5) is 1.43. The van der Waals surface area contributed by atoms with Gasteiger partial charge in [0.25, 0.3) is 0 Å². The lowest BCUT2D eigenvalue weighted by molar-refractivity contribution is 0.695. The summed E-state index contributed by atoms with van der Waals surface area (Å²) in [6.07, 6.45) is 2.38. The zero-order chi connectivity index (χ0) is 7.84. The first kappa shape index (κ1) is 7.59. The average molecular weight is 188 g/mol. The summed E-state index contributed by atoms with van der Waals surface area (Å²) in [5, 5.41) is 0. The molecule has 0 bridgehead atoms. The van der Waals surface area contributed by atoms with E-state index in [1.807, 2.05) is 0 Å². The zero-order valence-electron chi connectivity index (χ0n) is 6.14. The van der Waals surface area contributed by atoms with Crippen LogP contribution in [0.1, 0.15) is 22.8 Å². The molecular formula is C8H10ClNS. The molecule has 0 aliphatic heterocycles. The fraction of sp³-hybridized carbons (Fsp3) is 0.500. The van der Waals surface area contributed by atoms with Gasteiger partial charge in [-0.25, -0.2) is 0 Å². The summed E-state index contributed by atoms with van der Waals surface area (Å²) in [6, 6.07) is 2.08. The summed E-state index contributed by atoms with van der Waals surface area (Å²) >= 11 is 7.57. The van der Waals surface area contributed by atoms with Crippen LogP contribution in [0.3, 0.4) is 0 Å². The van der Waals surface area contributed by atoms with Crippen LogP contribution in [0.5, 0.6) is 0 Å². The Balaban J connectivity index is 2.37. The maximum atomic E-state index is 5.88. The van der Waals surface area contributed by atoms with Crippen molar-refractivity contribution >= 4 is 22.9 Å². The quantitative estimate of drug-likeness (QED) is 0.718. The third-order valence-corrected chi connectivity index (χ3v) is 3.70. The van der Waals surface area contributed by atoms with E-state index in [1.54, 1.807) is 11.3 Å². The van der Waals surface area contributed by atoms with Crippen molar-refractivity contribution in [1.82, 2.24) is 0 Å². The third-order valence-electron chi connectivity index (χ3n) is 2.23. The Morgan fingerprint density at radius 1 is 1.73 bits per heavy atom. The normalized spacial score (nSPS) is 22.2. The predicted molar refractivity (Wildman–Crippen MR) is 49.4 cm³/mol. The smallest absolute Gasteiger partial charge is 0.0934 e. The molecule has 2 N–H and O–H groups in total. The van der Waals surface area contributed by atoms with Gasteiger partial charge in [0.05, 0.1) is 4.34 Å². The van der Waals surface area contributed by atoms with Crippen LogP contribution in [-0.4, -0.2) is 6.54 Å². The zero-order valence-corrected chi connectivity index (χ0v) is 7.71. The second-order valence-corrected chi connectivity index (χ2v) is 4.63. The topological polar surface area (TPSA) is 26.0 Å². The lowest BCUT2D eigenvalue weighted by Crippen LogP contribution is -2.07. The molecule has 11 heavy (non-hydrogen) atoms. The first-order valence-electron chi connectivity index (χ1n) is 3.79. The van der Waals surface area contributed by atoms with Crippen LogP contribution in [-0.2, 0) is 6.42 Å². The van der Waals surface area contributed by atoms with Crippen molar-refractivity contribution in [2.75, 3.05) is 6.54 Å². The van der Waals surface area contributed by atoms with Crippen LogP contribution >= 0.6 is 22.9 Å². The lowest BCUT2D eigenvalue weighted by atomic mass is 10.1. The average Bonchev–Trinajstić information content (AvgIpc) is 2.45. The summed E-state index contributed by atoms with van der Waals surface area (Å²) in [6.45, 7) is 0.768. The molecule has 1 heterocycles. The van der Waals surface area contributed by atoms with E-state index in [9.17, 15) is 0 Å². The van der Waals surface area contributed by atoms with E-state index >= 15 is 0 Å². The van der Waals surface area contributed by atoms with E-state index < -0.39 is 0 Å². The van der Waals surface area contributed by atoms with Crippen LogP contribution in [0.4, 0.5) is 0 Å². The van der Waals surface area contributed by atoms with E-state index in [1.165, 1.54) is 23.3 Å². The Bertz CT molecular complexity index is 269. The maximum Gasteiger partial charge on any atom is 0.0934 e. The Morgan fingerprint density at radius 3 is 3.27 bits per heavy atom. The maximum absolute atomic E-state index is 5.88. The molecule has 0 saturated carbocycles. The SMILES string of the molecule is NCC1CCc2cc(Cl)sc21. The predicted octanol–water partition coefficient (Wildman–Crippen LogP) is 2.39. The molecule has 0 amide bonds. The van der Waals surface area contributed by atoms with Gasteiger partial charge in [-0.3, -0.25) is 0 Å². The fourth-order valence-electron chi connectivity index (χ4n) is 1.63. The van der Waals surface area contributed by atoms with Gasteiger partial charge in [-0.2, -0.15) is 0 Å². The molecule has 1 aliphatic rings. The molecule has 1 aromatic heterocycles. The number of fused-ring (bicyclic) bond motifs is 1. The number of hydrogen-bond acceptors (Lipinski definition) is 2. The van der Waals surface area contributed by atoms with Gasteiger partial charge in [0.15, 0.2) is 0 Å². The number of rotatable bonds is 1. The molecule has 0 saturated heterocycles. The van der Waals surface area contributed by atoms with Crippen LogP contribution in [0.2, 0.25) is 4.34 Å². The van der Waals surface area contributed by atoms with E-state index in [4.69, 9.17) is 17.3 Å². The van der Waals surface area contributed by atoms with Gasteiger partial charge in [0.1, 0.15) is 0 Å². The van der Waals surface area contributed by atoms with Crippen LogP contribution in [0.25, 0.3) is 0 Å². The number of hydrogen-bond donors (Lipinski definition) is 1. The van der Waals surface area contributed by atoms with Crippen LogP contribution < -0.4 is 5.73 Å². The summed E-state index contributed by atoms with van der Waals surface area (Å²) in [7, 11) is 0. The largest absolute Gasteiger partial charge is 0.330 e. The van der Waals surface area contributed by atoms with Gasteiger partial charge >= 0.3 is 0 Å². The molecule has 3 heteroatoms. The van der Waals surface area contributed by atoms with Crippen molar-refractivity contribution in [2.24, 2.45) is 5.73 Å². The second-order valence-electron chi connectivity index (χ2n) is 2.91. The van der Waals surface area contributed by atoms with E-state index in [2.05, 4.69) is 6.07 Å². The van der Waals surface area contributed by atoms with Crippen molar-refractivity contribution in [1.29, 1.82) is 0 Å². The highest BCUT2D eigenvalue weighted by molar-refractivity contribution is 7.16. The number of thiophene rings is 1. The molecule has 1 atom stereocenters. The van der Waals surface area contributed by atoms with Crippen molar-refractivity contribution in [3.05, 3.63) is 20.8 Å². The number of aryl methyl sites for hydroxylation is 1. The minimum absolute atomic E-state index is 0.586. The highest BCUT2D eigenvalue weighted by Crippen LogP contribution is 2.40. The van der Waals surface area contributed by atoms with Gasteiger partial charge in [-0.05, 0) is 31.0 Å². The van der Waals surface area contributed by atoms with Crippen molar-refractivity contribution in [2.45, 2.75) is 18.8 Å². The number of nitrogens with two attached hydrogens (primary N) is 1. The minimum Gasteiger partial charge on any atom is -0.330 e. The molecule has 0 fully saturated rings. The van der Waals surface area contributed by atoms with Crippen LogP contribution in [0.15, 0.2) is 6.07 Å². The lowest BCUT2D eigenvalue weighted by Gasteiger charge is -2.03. The van der Waals surface area contributed by atoms with Gasteiger partial charge in [-0.1, -0.05) is 11.6 Å². The number of halogens is 1. The first-order valence-corrected chi connectivity index (χ1v) is 4.99. The van der Waals surface area contributed by atoms with Crippen LogP contribution in [0, 0.1) is 0 Å². The van der Waals surface area contributed by atoms with E-state index in [0.29, 0.717) is 5.92 Å². The molecule has 60 valence electrons. The summed E-state index contributed by atoms with van der Waals surface area (Å²) in [5.74, 6) is 0.586. The molecule has 1 aromatic rings. The van der Waals surface area contributed by atoms with Gasteiger partial charge in [-0.15, -0.1) is 11.3 Å². The van der Waals surface area contributed by atoms with Gasteiger partial charge < -0.3 is 5.73 Å². The molecule has 2 rings (SSSR count). The van der Waals surface area contributed by atoms with Gasteiger partial charge in [0.2, 0.25) is 0 Å². The van der Waals surface area contributed by atoms with E-state index in [0.717, 1.165) is 10.9 Å². The monoisotopic (exact) mass is 187 g/mol. The molecule has 1 nitrogen and oxygen atoms in total. The summed E-state index contributed by atoms with van der Waals surface area (Å²) in [5.41, 5.74) is 7.05.